The Bertz CT molecular complexity index is 997. The topological polar surface area (TPSA) is 54.5 Å². The van der Waals surface area contributed by atoms with Crippen LogP contribution in [-0.2, 0) is 6.54 Å². The summed E-state index contributed by atoms with van der Waals surface area (Å²) in [4.78, 5) is 19.3. The van der Waals surface area contributed by atoms with Crippen LogP contribution in [0.3, 0.4) is 0 Å². The van der Waals surface area contributed by atoms with Crippen LogP contribution in [0.25, 0.3) is 12.2 Å². The predicted molar refractivity (Wildman–Crippen MR) is 128 cm³/mol. The van der Waals surface area contributed by atoms with Crippen molar-refractivity contribution in [1.29, 1.82) is 0 Å². The van der Waals surface area contributed by atoms with E-state index in [-0.39, 0.29) is 6.03 Å². The van der Waals surface area contributed by atoms with Gasteiger partial charge in [0.25, 0.3) is 0 Å². The highest BCUT2D eigenvalue weighted by Crippen LogP contribution is 2.24. The smallest absolute Gasteiger partial charge is 0.322 e. The number of urea groups is 1. The first-order valence-corrected chi connectivity index (χ1v) is 10.8. The van der Waals surface area contributed by atoms with Crippen molar-refractivity contribution in [3.05, 3.63) is 76.6 Å². The average Bonchev–Trinajstić information content (AvgIpc) is 2.97. The van der Waals surface area contributed by atoms with E-state index in [1.54, 1.807) is 4.90 Å². The van der Waals surface area contributed by atoms with Gasteiger partial charge in [0.05, 0.1) is 18.8 Å². The number of anilines is 1. The number of halogens is 1. The van der Waals surface area contributed by atoms with Crippen LogP contribution in [0.2, 0.25) is 5.15 Å². The van der Waals surface area contributed by atoms with Gasteiger partial charge in [0, 0.05) is 23.4 Å². The monoisotopic (exact) mass is 437 g/mol. The second-order valence-corrected chi connectivity index (χ2v) is 7.83. The summed E-state index contributed by atoms with van der Waals surface area (Å²) in [5.74, 6) is 0.768. The summed E-state index contributed by atoms with van der Waals surface area (Å²) in [7, 11) is 0. The number of amides is 2. The van der Waals surface area contributed by atoms with E-state index in [2.05, 4.69) is 29.0 Å². The summed E-state index contributed by atoms with van der Waals surface area (Å²) in [6.07, 6.45) is 9.71. The molecule has 3 rings (SSSR count). The summed E-state index contributed by atoms with van der Waals surface area (Å²) in [5, 5.41) is 3.37. The maximum absolute atomic E-state index is 13.1. The van der Waals surface area contributed by atoms with Crippen LogP contribution in [0.15, 0.2) is 54.6 Å². The van der Waals surface area contributed by atoms with Crippen LogP contribution >= 0.6 is 11.6 Å². The third kappa shape index (κ3) is 6.46. The lowest BCUT2D eigenvalue weighted by Gasteiger charge is -2.24. The van der Waals surface area contributed by atoms with E-state index in [0.29, 0.717) is 37.0 Å². The normalized spacial score (nSPS) is 12.1. The fourth-order valence-corrected chi connectivity index (χ4v) is 3.39. The van der Waals surface area contributed by atoms with Crippen molar-refractivity contribution in [3.8, 4) is 5.75 Å². The highest BCUT2D eigenvalue weighted by atomic mass is 35.5. The van der Waals surface area contributed by atoms with E-state index in [1.807, 2.05) is 56.3 Å². The van der Waals surface area contributed by atoms with Crippen molar-refractivity contribution in [2.24, 2.45) is 0 Å². The molecule has 0 saturated carbocycles. The zero-order valence-corrected chi connectivity index (χ0v) is 18.8. The standard InChI is InChI=1S/C25H28ClN3O2/c1-4-31-22-12-10-21(11-13-22)27-25(30)29(15-14-18(2)3)17-20-16-19-8-6-5-7-9-23(19)28-24(20)26/h6-13,16H,2,4-5,14-15,17H2,1,3H3,(H,27,30). The van der Waals surface area contributed by atoms with Crippen LogP contribution in [-0.4, -0.2) is 29.1 Å². The van der Waals surface area contributed by atoms with Crippen LogP contribution in [0.1, 0.15) is 43.5 Å². The van der Waals surface area contributed by atoms with E-state index in [0.717, 1.165) is 34.6 Å². The Kier molecular flexibility index (Phi) is 7.90. The number of nitrogens with zero attached hydrogens (tertiary/aromatic N) is 2. The van der Waals surface area contributed by atoms with Crippen molar-refractivity contribution in [1.82, 2.24) is 9.88 Å². The summed E-state index contributed by atoms with van der Waals surface area (Å²) < 4.78 is 5.46. The van der Waals surface area contributed by atoms with Crippen molar-refractivity contribution in [3.63, 3.8) is 0 Å². The molecule has 1 aromatic heterocycles. The number of aromatic nitrogens is 1. The first-order valence-electron chi connectivity index (χ1n) is 10.4. The molecule has 2 aromatic rings. The number of fused-ring (bicyclic) bond motifs is 1. The van der Waals surface area contributed by atoms with Gasteiger partial charge in [-0.1, -0.05) is 35.4 Å². The number of hydrogen-bond acceptors (Lipinski definition) is 3. The van der Waals surface area contributed by atoms with Gasteiger partial charge in [-0.3, -0.25) is 0 Å². The third-order valence-electron chi connectivity index (χ3n) is 4.83. The van der Waals surface area contributed by atoms with Crippen molar-refractivity contribution < 1.29 is 9.53 Å². The Balaban J connectivity index is 1.78. The SMILES string of the molecule is C=C(C)CCN(Cc1cc2c(nc1Cl)C=CCC=C2)C(=O)Nc1ccc(OCC)cc1. The highest BCUT2D eigenvalue weighted by Gasteiger charge is 2.18. The highest BCUT2D eigenvalue weighted by molar-refractivity contribution is 6.30. The summed E-state index contributed by atoms with van der Waals surface area (Å²) >= 11 is 6.47. The lowest BCUT2D eigenvalue weighted by Crippen LogP contribution is -2.35. The number of carbonyl (C=O) groups is 1. The Labute approximate surface area is 189 Å². The molecule has 1 heterocycles. The van der Waals surface area contributed by atoms with E-state index >= 15 is 0 Å². The molecule has 31 heavy (non-hydrogen) atoms. The number of pyridine rings is 1. The molecule has 2 amide bonds. The molecule has 1 aliphatic carbocycles. The molecule has 0 unspecified atom stereocenters. The molecular formula is C25H28ClN3O2. The zero-order valence-electron chi connectivity index (χ0n) is 18.0. The number of nitrogens with one attached hydrogen (secondary N) is 1. The third-order valence-corrected chi connectivity index (χ3v) is 5.16. The fraction of sp³-hybridized carbons (Fsp3) is 0.280. The van der Waals surface area contributed by atoms with Gasteiger partial charge >= 0.3 is 6.03 Å². The second kappa shape index (κ2) is 10.8. The molecule has 6 heteroatoms. The molecule has 1 aromatic carbocycles. The minimum absolute atomic E-state index is 0.202. The molecule has 0 fully saturated rings. The minimum atomic E-state index is -0.202. The zero-order chi connectivity index (χ0) is 22.2. The second-order valence-electron chi connectivity index (χ2n) is 7.47. The molecule has 162 valence electrons. The molecule has 0 bridgehead atoms. The van der Waals surface area contributed by atoms with Crippen LogP contribution in [0.4, 0.5) is 10.5 Å². The van der Waals surface area contributed by atoms with Gasteiger partial charge in [-0.15, -0.1) is 6.58 Å². The average molecular weight is 438 g/mol. The number of carbonyl (C=O) groups excluding carboxylic acids is 1. The molecule has 1 aliphatic rings. The molecule has 0 saturated heterocycles. The van der Waals surface area contributed by atoms with E-state index in [4.69, 9.17) is 16.3 Å². The number of allylic oxidation sites excluding steroid dienone is 2. The van der Waals surface area contributed by atoms with E-state index < -0.39 is 0 Å². The Hall–Kier alpha value is -3.05. The first-order chi connectivity index (χ1) is 15.0. The van der Waals surface area contributed by atoms with Gasteiger partial charge in [0.15, 0.2) is 0 Å². The van der Waals surface area contributed by atoms with Crippen LogP contribution in [0.5, 0.6) is 5.75 Å². The summed E-state index contributed by atoms with van der Waals surface area (Å²) in [6, 6.07) is 9.14. The molecule has 1 N–H and O–H groups in total. The molecular weight excluding hydrogens is 410 g/mol. The lowest BCUT2D eigenvalue weighted by atomic mass is 10.1. The fourth-order valence-electron chi connectivity index (χ4n) is 3.18. The number of rotatable bonds is 8. The number of hydrogen-bond donors (Lipinski definition) is 1. The predicted octanol–water partition coefficient (Wildman–Crippen LogP) is 6.56. The maximum Gasteiger partial charge on any atom is 0.322 e. The molecule has 0 aliphatic heterocycles. The lowest BCUT2D eigenvalue weighted by molar-refractivity contribution is 0.209. The summed E-state index contributed by atoms with van der Waals surface area (Å²) in [5.41, 5.74) is 4.37. The van der Waals surface area contributed by atoms with Gasteiger partial charge in [-0.05, 0) is 63.1 Å². The largest absolute Gasteiger partial charge is 0.494 e. The Morgan fingerprint density at radius 3 is 2.71 bits per heavy atom. The number of benzene rings is 1. The van der Waals surface area contributed by atoms with Crippen molar-refractivity contribution in [2.45, 2.75) is 33.2 Å². The van der Waals surface area contributed by atoms with E-state index in [9.17, 15) is 4.79 Å². The summed E-state index contributed by atoms with van der Waals surface area (Å²) in [6.45, 7) is 9.33. The van der Waals surface area contributed by atoms with Gasteiger partial charge in [0.1, 0.15) is 10.9 Å². The molecule has 0 radical (unpaired) electrons. The number of ether oxygens (including phenoxy) is 1. The Morgan fingerprint density at radius 1 is 1.26 bits per heavy atom. The quantitative estimate of drug-likeness (QED) is 0.375. The van der Waals surface area contributed by atoms with E-state index in [1.165, 1.54) is 0 Å². The first kappa shape index (κ1) is 22.6. The molecule has 0 atom stereocenters. The van der Waals surface area contributed by atoms with Gasteiger partial charge in [-0.25, -0.2) is 9.78 Å². The van der Waals surface area contributed by atoms with Crippen molar-refractivity contribution in [2.75, 3.05) is 18.5 Å². The van der Waals surface area contributed by atoms with Gasteiger partial charge < -0.3 is 15.0 Å². The molecule has 0 spiro atoms. The Morgan fingerprint density at radius 2 is 2.00 bits per heavy atom. The van der Waals surface area contributed by atoms with Crippen LogP contribution in [0, 0.1) is 0 Å². The maximum atomic E-state index is 13.1. The van der Waals surface area contributed by atoms with Gasteiger partial charge in [0.2, 0.25) is 0 Å². The van der Waals surface area contributed by atoms with Gasteiger partial charge in [-0.2, -0.15) is 0 Å². The van der Waals surface area contributed by atoms with Crippen LogP contribution < -0.4 is 10.1 Å². The molecule has 5 nitrogen and oxygen atoms in total. The van der Waals surface area contributed by atoms with Crippen molar-refractivity contribution >= 4 is 35.5 Å². The minimum Gasteiger partial charge on any atom is -0.494 e.